The Morgan fingerprint density at radius 1 is 1.21 bits per heavy atom. The maximum Gasteiger partial charge on any atom is 0.387 e. The van der Waals surface area contributed by atoms with E-state index in [1.165, 1.54) is 0 Å². The average molecular weight is 348 g/mol. The van der Waals surface area contributed by atoms with Gasteiger partial charge in [-0.1, -0.05) is 0 Å². The number of alkyl halides is 2. The molecule has 1 saturated heterocycles. The normalized spacial score (nSPS) is 23.4. The molecule has 1 heterocycles. The van der Waals surface area contributed by atoms with Crippen molar-refractivity contribution in [2.24, 2.45) is 5.92 Å². The van der Waals surface area contributed by atoms with Gasteiger partial charge < -0.3 is 20.1 Å². The number of carbonyl (C=O) groups is 1. The van der Waals surface area contributed by atoms with E-state index in [0.29, 0.717) is 31.1 Å². The van der Waals surface area contributed by atoms with Gasteiger partial charge in [0, 0.05) is 18.7 Å². The van der Waals surface area contributed by atoms with Crippen LogP contribution in [0.1, 0.15) is 19.3 Å². The standard InChI is InChI=1S/C15H16F4N2O3/c16-8-6-12(24-14(18)19)9(17)5-11(8)21-15(22)20-10-3-4-23-13(10)7-1-2-7/h5-7,10,13-14H,1-4H2,(H2,20,21,22)/t10-,13+/m1/s1. The van der Waals surface area contributed by atoms with Crippen molar-refractivity contribution >= 4 is 11.7 Å². The Morgan fingerprint density at radius 2 is 1.96 bits per heavy atom. The molecule has 2 N–H and O–H groups in total. The Balaban J connectivity index is 1.62. The number of halogens is 4. The summed E-state index contributed by atoms with van der Waals surface area (Å²) in [6.45, 7) is -2.74. The summed E-state index contributed by atoms with van der Waals surface area (Å²) in [4.78, 5) is 12.0. The van der Waals surface area contributed by atoms with Crippen molar-refractivity contribution in [2.75, 3.05) is 11.9 Å². The molecule has 1 aliphatic carbocycles. The van der Waals surface area contributed by atoms with Crippen molar-refractivity contribution in [2.45, 2.75) is 38.0 Å². The predicted octanol–water partition coefficient (Wildman–Crippen LogP) is 3.26. The van der Waals surface area contributed by atoms with E-state index in [9.17, 15) is 22.4 Å². The number of carbonyl (C=O) groups excluding carboxylic acids is 1. The summed E-state index contributed by atoms with van der Waals surface area (Å²) >= 11 is 0. The summed E-state index contributed by atoms with van der Waals surface area (Å²) < 4.78 is 61.0. The van der Waals surface area contributed by atoms with Crippen LogP contribution < -0.4 is 15.4 Å². The van der Waals surface area contributed by atoms with Gasteiger partial charge in [0.05, 0.1) is 17.8 Å². The van der Waals surface area contributed by atoms with Crippen LogP contribution in [0.2, 0.25) is 0 Å². The second-order valence-electron chi connectivity index (χ2n) is 5.81. The Kier molecular flexibility index (Phi) is 4.79. The average Bonchev–Trinajstić information content (AvgIpc) is 3.24. The van der Waals surface area contributed by atoms with Crippen LogP contribution in [0.25, 0.3) is 0 Å². The molecule has 3 rings (SSSR count). The third-order valence-corrected chi connectivity index (χ3v) is 4.02. The molecule has 0 bridgehead atoms. The molecule has 1 aliphatic heterocycles. The van der Waals surface area contributed by atoms with Crippen LogP contribution in [0.15, 0.2) is 12.1 Å². The van der Waals surface area contributed by atoms with Crippen molar-refractivity contribution < 1.29 is 31.8 Å². The van der Waals surface area contributed by atoms with E-state index in [-0.39, 0.29) is 12.1 Å². The lowest BCUT2D eigenvalue weighted by atomic mass is 10.1. The van der Waals surface area contributed by atoms with Gasteiger partial charge in [0.15, 0.2) is 17.4 Å². The number of hydrogen-bond acceptors (Lipinski definition) is 3. The Bertz CT molecular complexity index is 625. The number of anilines is 1. The molecule has 2 fully saturated rings. The number of amides is 2. The highest BCUT2D eigenvalue weighted by Gasteiger charge is 2.41. The monoisotopic (exact) mass is 348 g/mol. The summed E-state index contributed by atoms with van der Waals surface area (Å²) in [5.41, 5.74) is -0.464. The highest BCUT2D eigenvalue weighted by Crippen LogP contribution is 2.38. The van der Waals surface area contributed by atoms with E-state index < -0.39 is 35.7 Å². The van der Waals surface area contributed by atoms with Crippen LogP contribution in [-0.4, -0.2) is 31.4 Å². The van der Waals surface area contributed by atoms with Crippen molar-refractivity contribution in [3.05, 3.63) is 23.8 Å². The minimum atomic E-state index is -3.28. The molecule has 1 aromatic carbocycles. The molecule has 2 aliphatic rings. The summed E-state index contributed by atoms with van der Waals surface area (Å²) in [7, 11) is 0. The van der Waals surface area contributed by atoms with E-state index >= 15 is 0 Å². The second kappa shape index (κ2) is 6.84. The first kappa shape index (κ1) is 16.8. The number of rotatable bonds is 5. The van der Waals surface area contributed by atoms with E-state index in [4.69, 9.17) is 4.74 Å². The van der Waals surface area contributed by atoms with Crippen molar-refractivity contribution in [1.82, 2.24) is 5.32 Å². The van der Waals surface area contributed by atoms with Crippen LogP contribution in [0.5, 0.6) is 5.75 Å². The topological polar surface area (TPSA) is 59.6 Å². The van der Waals surface area contributed by atoms with Crippen LogP contribution in [0.4, 0.5) is 28.0 Å². The van der Waals surface area contributed by atoms with E-state index in [1.54, 1.807) is 0 Å². The summed E-state index contributed by atoms with van der Waals surface area (Å²) in [6.07, 6.45) is 2.69. The highest BCUT2D eigenvalue weighted by atomic mass is 19.3. The van der Waals surface area contributed by atoms with Crippen molar-refractivity contribution in [3.8, 4) is 5.75 Å². The van der Waals surface area contributed by atoms with Gasteiger partial charge in [-0.3, -0.25) is 0 Å². The highest BCUT2D eigenvalue weighted by molar-refractivity contribution is 5.89. The van der Waals surface area contributed by atoms with Gasteiger partial charge in [-0.15, -0.1) is 0 Å². The van der Waals surface area contributed by atoms with Crippen molar-refractivity contribution in [1.29, 1.82) is 0 Å². The molecule has 1 saturated carbocycles. The fraction of sp³-hybridized carbons (Fsp3) is 0.533. The molecule has 24 heavy (non-hydrogen) atoms. The third-order valence-electron chi connectivity index (χ3n) is 4.02. The van der Waals surface area contributed by atoms with Crippen molar-refractivity contribution in [3.63, 3.8) is 0 Å². The number of nitrogens with one attached hydrogen (secondary N) is 2. The number of urea groups is 1. The van der Waals surface area contributed by atoms with Crippen LogP contribution in [0.3, 0.4) is 0 Å². The third kappa shape index (κ3) is 3.89. The molecule has 1 aromatic rings. The fourth-order valence-corrected chi connectivity index (χ4v) is 2.79. The molecule has 0 spiro atoms. The predicted molar refractivity (Wildman–Crippen MR) is 76.0 cm³/mol. The first-order chi connectivity index (χ1) is 11.4. The zero-order valence-electron chi connectivity index (χ0n) is 12.5. The fourth-order valence-electron chi connectivity index (χ4n) is 2.79. The molecule has 9 heteroatoms. The molecular formula is C15H16F4N2O3. The molecule has 0 radical (unpaired) electrons. The Labute approximate surface area is 135 Å². The molecular weight excluding hydrogens is 332 g/mol. The second-order valence-corrected chi connectivity index (χ2v) is 5.81. The minimum absolute atomic E-state index is 0.0563. The van der Waals surface area contributed by atoms with Gasteiger partial charge in [-0.2, -0.15) is 8.78 Å². The maximum atomic E-state index is 13.8. The summed E-state index contributed by atoms with van der Waals surface area (Å²) in [6, 6.07) is 0.155. The number of benzene rings is 1. The quantitative estimate of drug-likeness (QED) is 0.803. The van der Waals surface area contributed by atoms with Crippen LogP contribution >= 0.6 is 0 Å². The van der Waals surface area contributed by atoms with Gasteiger partial charge in [-0.25, -0.2) is 13.6 Å². The zero-order valence-corrected chi connectivity index (χ0v) is 12.5. The maximum absolute atomic E-state index is 13.8. The summed E-state index contributed by atoms with van der Waals surface area (Å²) in [5, 5.41) is 4.85. The molecule has 5 nitrogen and oxygen atoms in total. The Hall–Kier alpha value is -2.03. The van der Waals surface area contributed by atoms with E-state index in [2.05, 4.69) is 15.4 Å². The lowest BCUT2D eigenvalue weighted by Gasteiger charge is -2.20. The molecule has 0 aromatic heterocycles. The van der Waals surface area contributed by atoms with Gasteiger partial charge in [0.2, 0.25) is 0 Å². The zero-order chi connectivity index (χ0) is 17.3. The first-order valence-corrected chi connectivity index (χ1v) is 7.57. The first-order valence-electron chi connectivity index (χ1n) is 7.57. The van der Waals surface area contributed by atoms with Gasteiger partial charge in [0.25, 0.3) is 0 Å². The van der Waals surface area contributed by atoms with Gasteiger partial charge in [-0.05, 0) is 25.2 Å². The molecule has 132 valence electrons. The smallest absolute Gasteiger partial charge is 0.387 e. The lowest BCUT2D eigenvalue weighted by molar-refractivity contribution is -0.0523. The number of hydrogen-bond donors (Lipinski definition) is 2. The molecule has 2 atom stereocenters. The molecule has 2 amide bonds. The SMILES string of the molecule is O=C(Nc1cc(F)c(OC(F)F)cc1F)N[C@@H]1CCO[C@H]1C1CC1. The molecule has 0 unspecified atom stereocenters. The van der Waals surface area contributed by atoms with Gasteiger partial charge in [0.1, 0.15) is 0 Å². The summed E-state index contributed by atoms with van der Waals surface area (Å²) in [5.74, 6) is -2.78. The van der Waals surface area contributed by atoms with E-state index in [0.717, 1.165) is 12.8 Å². The van der Waals surface area contributed by atoms with Gasteiger partial charge >= 0.3 is 12.6 Å². The van der Waals surface area contributed by atoms with Crippen LogP contribution in [-0.2, 0) is 4.74 Å². The number of ether oxygens (including phenoxy) is 2. The minimum Gasteiger partial charge on any atom is -0.432 e. The lowest BCUT2D eigenvalue weighted by Crippen LogP contribution is -2.43. The Morgan fingerprint density at radius 3 is 2.62 bits per heavy atom. The van der Waals surface area contributed by atoms with Crippen LogP contribution in [0, 0.1) is 17.6 Å². The van der Waals surface area contributed by atoms with E-state index in [1.807, 2.05) is 0 Å². The largest absolute Gasteiger partial charge is 0.432 e.